The van der Waals surface area contributed by atoms with Crippen molar-refractivity contribution in [3.05, 3.63) is 302 Å². The fourth-order valence-electron chi connectivity index (χ4n) is 20.2. The van der Waals surface area contributed by atoms with Gasteiger partial charge in [0.2, 0.25) is 28.6 Å². The van der Waals surface area contributed by atoms with E-state index in [-0.39, 0.29) is 30.8 Å². The van der Waals surface area contributed by atoms with Crippen molar-refractivity contribution in [3.63, 3.8) is 0 Å². The number of rotatable bonds is 7. The molecule has 0 fully saturated rings. The second-order valence-corrected chi connectivity index (χ2v) is 34.6. The Labute approximate surface area is 761 Å². The van der Waals surface area contributed by atoms with E-state index in [1.165, 1.54) is 28.2 Å². The molecule has 25 nitrogen and oxygen atoms in total. The number of para-hydroxylation sites is 3. The largest absolute Gasteiger partial charge is 0.435 e. The second-order valence-electron chi connectivity index (χ2n) is 34.6. The van der Waals surface area contributed by atoms with Crippen molar-refractivity contribution >= 4 is 202 Å². The monoisotopic (exact) mass is 1740 g/mol. The fraction of sp³-hybridized carbons (Fsp3) is 0.196. The maximum atomic E-state index is 6.31. The topological polar surface area (TPSA) is 227 Å². The predicted molar refractivity (Wildman–Crippen MR) is 532 cm³/mol. The minimum absolute atomic E-state index is 0.0860. The summed E-state index contributed by atoms with van der Waals surface area (Å²) in [4.78, 5) is 67.8. The van der Waals surface area contributed by atoms with Crippen LogP contribution in [0.4, 0.5) is 91.7 Å². The van der Waals surface area contributed by atoms with Crippen molar-refractivity contribution in [1.29, 1.82) is 0 Å². The molecule has 5 aliphatic heterocycles. The third-order valence-corrected chi connectivity index (χ3v) is 26.7. The molecule has 0 aliphatic carbocycles. The highest BCUT2D eigenvalue weighted by atomic mass is 16.4. The summed E-state index contributed by atoms with van der Waals surface area (Å²) in [6.45, 7) is 26.0. The molecule has 0 bridgehead atoms. The summed E-state index contributed by atoms with van der Waals surface area (Å²) in [5.74, 6) is 4.65. The first-order valence-corrected chi connectivity index (χ1v) is 44.7. The van der Waals surface area contributed by atoms with E-state index in [9.17, 15) is 0 Å². The van der Waals surface area contributed by atoms with Gasteiger partial charge in [-0.25, -0.2) is 49.8 Å². The number of anilines is 16. The number of pyridine rings is 8. The molecule has 26 rings (SSSR count). The van der Waals surface area contributed by atoms with Crippen molar-refractivity contribution in [3.8, 4) is 0 Å². The number of aryl methyl sites for hydroxylation is 5. The lowest BCUT2D eigenvalue weighted by Gasteiger charge is -2.33. The Hall–Kier alpha value is -16.2. The van der Waals surface area contributed by atoms with Crippen molar-refractivity contribution in [1.82, 2.24) is 49.8 Å². The lowest BCUT2D eigenvalue weighted by molar-refractivity contribution is 0.601. The van der Waals surface area contributed by atoms with Gasteiger partial charge >= 0.3 is 0 Å². The molecule has 7 aromatic carbocycles. The second kappa shape index (κ2) is 32.2. The van der Waals surface area contributed by atoms with Crippen LogP contribution < -0.4 is 49.0 Å². The third kappa shape index (κ3) is 12.9. The molecule has 0 amide bonds. The van der Waals surface area contributed by atoms with Gasteiger partial charge in [-0.15, -0.1) is 0 Å². The van der Waals surface area contributed by atoms with Gasteiger partial charge in [-0.05, 0) is 232 Å². The van der Waals surface area contributed by atoms with Crippen LogP contribution in [0.3, 0.4) is 0 Å². The molecule has 0 spiro atoms. The highest BCUT2D eigenvalue weighted by Gasteiger charge is 2.43. The number of nitrogens with zero attached hydrogens (tertiary/aromatic N) is 20. The minimum atomic E-state index is 0.0860. The zero-order valence-corrected chi connectivity index (χ0v) is 75.9. The molecule has 5 unspecified atom stereocenters. The number of aromatic nitrogens is 10. The molecule has 21 aromatic rings. The Morgan fingerprint density at radius 3 is 0.932 bits per heavy atom. The number of benzene rings is 7. The summed E-state index contributed by atoms with van der Waals surface area (Å²) in [7, 11) is 6.21. The van der Waals surface area contributed by atoms with Crippen molar-refractivity contribution < 1.29 is 22.1 Å². The van der Waals surface area contributed by atoms with Crippen molar-refractivity contribution in [2.24, 2.45) is 0 Å². The minimum Gasteiger partial charge on any atom is -0.435 e. The maximum Gasteiger partial charge on any atom is 0.227 e. The Bertz CT molecular complexity index is 7660. The molecule has 19 heterocycles. The zero-order valence-electron chi connectivity index (χ0n) is 75.9. The zero-order chi connectivity index (χ0) is 90.3. The van der Waals surface area contributed by atoms with E-state index in [4.69, 9.17) is 27.1 Å². The van der Waals surface area contributed by atoms with Crippen LogP contribution in [0.2, 0.25) is 0 Å². The number of furan rings is 5. The van der Waals surface area contributed by atoms with Crippen LogP contribution in [0.25, 0.3) is 110 Å². The summed E-state index contributed by atoms with van der Waals surface area (Å²) in [6.07, 6.45) is 18.4. The molecule has 25 heteroatoms. The van der Waals surface area contributed by atoms with Gasteiger partial charge in [0, 0.05) is 149 Å². The highest BCUT2D eigenvalue weighted by Crippen LogP contribution is 2.55. The molecule has 0 radical (unpaired) electrons. The van der Waals surface area contributed by atoms with E-state index in [0.717, 1.165) is 173 Å². The van der Waals surface area contributed by atoms with Gasteiger partial charge in [0.05, 0.1) is 56.9 Å². The Morgan fingerprint density at radius 2 is 0.515 bits per heavy atom. The van der Waals surface area contributed by atoms with E-state index in [0.29, 0.717) is 34.6 Å². The number of hydrogen-bond acceptors (Lipinski definition) is 25. The van der Waals surface area contributed by atoms with E-state index in [2.05, 4.69) is 349 Å². The van der Waals surface area contributed by atoms with Gasteiger partial charge in [0.15, 0.2) is 57.0 Å². The molecule has 132 heavy (non-hydrogen) atoms. The Kier molecular flexibility index (Phi) is 19.9. The Morgan fingerprint density at radius 1 is 0.227 bits per heavy atom. The van der Waals surface area contributed by atoms with Crippen molar-refractivity contribution in [2.45, 2.75) is 120 Å². The van der Waals surface area contributed by atoms with Crippen LogP contribution >= 0.6 is 0 Å². The van der Waals surface area contributed by atoms with E-state index < -0.39 is 0 Å². The summed E-state index contributed by atoms with van der Waals surface area (Å²) in [5.41, 5.74) is 25.8. The first-order chi connectivity index (χ1) is 64.3. The smallest absolute Gasteiger partial charge is 0.227 e. The average molecular weight is 1740 g/mol. The van der Waals surface area contributed by atoms with Gasteiger partial charge in [-0.1, -0.05) is 91.0 Å². The summed E-state index contributed by atoms with van der Waals surface area (Å²) < 4.78 is 31.1. The number of fused-ring (bicyclic) bond motifs is 20. The highest BCUT2D eigenvalue weighted by molar-refractivity contribution is 6.15. The first-order valence-electron chi connectivity index (χ1n) is 44.7. The maximum absolute atomic E-state index is 6.31. The van der Waals surface area contributed by atoms with Gasteiger partial charge in [0.1, 0.15) is 30.8 Å². The van der Waals surface area contributed by atoms with Crippen LogP contribution in [0, 0.1) is 34.6 Å². The quantitative estimate of drug-likeness (QED) is 0.144. The molecular formula is C107H96N20O5. The summed E-state index contributed by atoms with van der Waals surface area (Å²) in [5, 5.41) is 10.6. The van der Waals surface area contributed by atoms with Gasteiger partial charge < -0.3 is 66.2 Å². The van der Waals surface area contributed by atoms with Crippen LogP contribution in [-0.2, 0) is 0 Å². The molecule has 5 atom stereocenters. The van der Waals surface area contributed by atoms with Gasteiger partial charge in [0.25, 0.3) is 0 Å². The SMILES string of the molecule is Cc1ccc2c(oc3ncccc32)c1N1c2ccccc2N(c2ccccc2)C1C.Cc1ccc2c(oc3ncccc32)c1N1c2cccnc2N(C)C1C.Cc1ccc2c(oc3ncccc32)c1N1c2ncccc2N(C(C)C)C1C.Cc1ccc2c(oc3ncccc32)c1N1c2ncccc2N(C)C1C.Cc1ccc2c(oc3ncccc32)c1N1c2nccnc2N(C)C1C. The normalized spacial score (nSPS) is 16.6. The van der Waals surface area contributed by atoms with Crippen molar-refractivity contribution in [2.75, 3.05) is 70.1 Å². The Balaban J connectivity index is 0.0000000966. The van der Waals surface area contributed by atoms with E-state index in [1.54, 1.807) is 43.4 Å². The number of hydrogen-bond donors (Lipinski definition) is 0. The van der Waals surface area contributed by atoms with E-state index >= 15 is 0 Å². The third-order valence-electron chi connectivity index (χ3n) is 26.7. The molecular weight excluding hydrogens is 1650 g/mol. The molecule has 14 aromatic heterocycles. The van der Waals surface area contributed by atoms with E-state index in [1.807, 2.05) is 80.2 Å². The standard InChI is InChI=1S/C26H21N3O.C22H22N4O.2C20H18N4O.C19H17N5O/c1-17-14-15-20-21-11-8-16-27-26(21)30-25(20)24(17)29-18(2)28(19-9-4-3-5-10-19)22-12-6-7-13-23(22)29;1-13(2)25-15(4)26(21-18(25)8-6-11-23-21)19-14(3)9-10-16-17-7-5-12-24-22(17)27-20(16)19;1-12-8-9-14-15-6-4-11-22-20(15)25-18(14)17(12)24-13(2)23(3)19-16(24)7-5-10-21-19;1-12-8-9-14-15-6-4-11-22-20(15)25-18(14)17(12)24-13(2)23(3)16-7-5-10-21-19(16)24;1-11-6-7-13-14-5-4-8-22-19(14)25-16(13)15(11)24-12(2)23(3)17-18(24)21-10-9-20-17/h3-16,18H,1-2H3;5-13,15H,1-4H3;2*4-11,13H,1-3H3;4-10,12H,1-3H3. The van der Waals surface area contributed by atoms with Crippen LogP contribution in [0.15, 0.2) is 296 Å². The summed E-state index contributed by atoms with van der Waals surface area (Å²) >= 11 is 0. The predicted octanol–water partition coefficient (Wildman–Crippen LogP) is 25.6. The molecule has 5 aliphatic rings. The van der Waals surface area contributed by atoms with Crippen LogP contribution in [0.1, 0.15) is 76.3 Å². The lowest BCUT2D eigenvalue weighted by Crippen LogP contribution is -2.42. The average Bonchev–Trinajstić information content (AvgIpc) is 1.58. The lowest BCUT2D eigenvalue weighted by atomic mass is 10.1. The van der Waals surface area contributed by atoms with Crippen LogP contribution in [-0.4, -0.2) is 108 Å². The molecule has 0 saturated carbocycles. The van der Waals surface area contributed by atoms with Crippen LogP contribution in [0.5, 0.6) is 0 Å². The molecule has 0 saturated heterocycles. The first kappa shape index (κ1) is 81.6. The molecule has 654 valence electrons. The van der Waals surface area contributed by atoms with Gasteiger partial charge in [-0.2, -0.15) is 0 Å². The van der Waals surface area contributed by atoms with Gasteiger partial charge in [-0.3, -0.25) is 4.90 Å². The fourth-order valence-corrected chi connectivity index (χ4v) is 20.2. The summed E-state index contributed by atoms with van der Waals surface area (Å²) in [6, 6.07) is 73.2. The molecule has 0 N–H and O–H groups in total.